The van der Waals surface area contributed by atoms with Gasteiger partial charge in [-0.05, 0) is 24.5 Å². The summed E-state index contributed by atoms with van der Waals surface area (Å²) >= 11 is 0. The summed E-state index contributed by atoms with van der Waals surface area (Å²) < 4.78 is 0. The van der Waals surface area contributed by atoms with E-state index in [1.165, 1.54) is 0 Å². The van der Waals surface area contributed by atoms with Crippen LogP contribution in [-0.2, 0) is 4.79 Å². The smallest absolute Gasteiger partial charge is 0.335 e. The van der Waals surface area contributed by atoms with Crippen molar-refractivity contribution in [1.29, 1.82) is 0 Å². The molecule has 0 aromatic heterocycles. The first-order chi connectivity index (χ1) is 8.93. The molecule has 19 heavy (non-hydrogen) atoms. The predicted molar refractivity (Wildman–Crippen MR) is 74.3 cm³/mol. The van der Waals surface area contributed by atoms with Crippen LogP contribution in [0.3, 0.4) is 0 Å². The van der Waals surface area contributed by atoms with Gasteiger partial charge in [0.25, 0.3) is 0 Å². The molecule has 0 amide bonds. The highest BCUT2D eigenvalue weighted by Gasteiger charge is 1.97. The van der Waals surface area contributed by atoms with Gasteiger partial charge in [-0.15, -0.1) is 0 Å². The number of aliphatic carboxylic acids is 1. The fraction of sp³-hybridized carbons (Fsp3) is 0.467. The van der Waals surface area contributed by atoms with Crippen molar-refractivity contribution in [3.63, 3.8) is 0 Å². The van der Waals surface area contributed by atoms with Gasteiger partial charge in [-0.2, -0.15) is 0 Å². The second kappa shape index (κ2) is 10.1. The highest BCUT2D eigenvalue weighted by atomic mass is 16.4. The molecule has 0 aliphatic heterocycles. The number of carbonyl (C=O) groups is 2. The van der Waals surface area contributed by atoms with Crippen molar-refractivity contribution in [3.8, 4) is 0 Å². The lowest BCUT2D eigenvalue weighted by Gasteiger charge is -2.01. The molecule has 4 heteroatoms. The fourth-order valence-corrected chi connectivity index (χ4v) is 1.41. The first kappa shape index (κ1) is 17.2. The first-order valence-corrected chi connectivity index (χ1v) is 6.43. The Morgan fingerprint density at radius 1 is 1.05 bits per heavy atom. The van der Waals surface area contributed by atoms with Crippen molar-refractivity contribution >= 4 is 11.9 Å². The van der Waals surface area contributed by atoms with Crippen LogP contribution in [0.1, 0.15) is 49.9 Å². The molecule has 0 radical (unpaired) electrons. The molecule has 2 N–H and O–H groups in total. The second-order valence-corrected chi connectivity index (χ2v) is 4.70. The lowest BCUT2D eigenvalue weighted by molar-refractivity contribution is -0.137. The van der Waals surface area contributed by atoms with Crippen molar-refractivity contribution in [3.05, 3.63) is 35.9 Å². The minimum absolute atomic E-state index is 0.326. The summed E-state index contributed by atoms with van der Waals surface area (Å²) in [5, 5.41) is 16.7. The molecule has 0 bridgehead atoms. The summed E-state index contributed by atoms with van der Waals surface area (Å²) in [6.45, 7) is 4.31. The minimum atomic E-state index is -0.879. The molecule has 0 saturated carbocycles. The molecule has 106 valence electrons. The Hall–Kier alpha value is -1.84. The van der Waals surface area contributed by atoms with Gasteiger partial charge in [0.05, 0.1) is 5.56 Å². The normalized spacial score (nSPS) is 9.63. The third kappa shape index (κ3) is 11.0. The van der Waals surface area contributed by atoms with Crippen LogP contribution in [0.25, 0.3) is 0 Å². The number of hydrogen-bond acceptors (Lipinski definition) is 2. The van der Waals surface area contributed by atoms with E-state index < -0.39 is 11.9 Å². The molecule has 0 unspecified atom stereocenters. The molecule has 0 heterocycles. The van der Waals surface area contributed by atoms with Crippen molar-refractivity contribution in [2.75, 3.05) is 0 Å². The van der Waals surface area contributed by atoms with E-state index in [4.69, 9.17) is 10.2 Å². The van der Waals surface area contributed by atoms with Crippen LogP contribution >= 0.6 is 0 Å². The highest BCUT2D eigenvalue weighted by molar-refractivity contribution is 5.87. The Morgan fingerprint density at radius 2 is 1.63 bits per heavy atom. The average molecular weight is 266 g/mol. The Morgan fingerprint density at radius 3 is 2.00 bits per heavy atom. The number of hydrogen-bond donors (Lipinski definition) is 2. The molecule has 0 spiro atoms. The zero-order chi connectivity index (χ0) is 14.7. The molecule has 0 aliphatic rings. The molecule has 0 saturated heterocycles. The number of carboxylic acid groups (broad SMARTS) is 2. The molecular weight excluding hydrogens is 244 g/mol. The molecule has 0 aliphatic carbocycles. The van der Waals surface area contributed by atoms with Gasteiger partial charge in [-0.3, -0.25) is 4.79 Å². The van der Waals surface area contributed by atoms with Crippen molar-refractivity contribution < 1.29 is 19.8 Å². The van der Waals surface area contributed by atoms with Gasteiger partial charge in [-0.25, -0.2) is 4.79 Å². The summed E-state index contributed by atoms with van der Waals surface area (Å²) in [7, 11) is 0. The van der Waals surface area contributed by atoms with Crippen LogP contribution in [0.15, 0.2) is 30.3 Å². The van der Waals surface area contributed by atoms with E-state index in [-0.39, 0.29) is 0 Å². The van der Waals surface area contributed by atoms with Crippen LogP contribution in [0.5, 0.6) is 0 Å². The average Bonchev–Trinajstić information content (AvgIpc) is 2.36. The molecule has 1 rings (SSSR count). The van der Waals surface area contributed by atoms with Crippen LogP contribution in [0, 0.1) is 5.92 Å². The Bertz CT molecular complexity index is 371. The molecule has 0 atom stereocenters. The monoisotopic (exact) mass is 266 g/mol. The first-order valence-electron chi connectivity index (χ1n) is 6.43. The Labute approximate surface area is 114 Å². The SMILES string of the molecule is CC(C)CCCCC(=O)O.O=C(O)c1ccccc1. The van der Waals surface area contributed by atoms with Crippen molar-refractivity contribution in [2.45, 2.75) is 39.5 Å². The van der Waals surface area contributed by atoms with Crippen LogP contribution in [0.2, 0.25) is 0 Å². The minimum Gasteiger partial charge on any atom is -0.481 e. The van der Waals surface area contributed by atoms with Crippen LogP contribution in [0.4, 0.5) is 0 Å². The van der Waals surface area contributed by atoms with Gasteiger partial charge in [0.1, 0.15) is 0 Å². The number of carboxylic acids is 2. The molecule has 1 aromatic rings. The Balaban J connectivity index is 0.000000342. The third-order valence-electron chi connectivity index (χ3n) is 2.44. The number of rotatable bonds is 6. The maximum absolute atomic E-state index is 10.2. The van der Waals surface area contributed by atoms with E-state index in [9.17, 15) is 9.59 Å². The van der Waals surface area contributed by atoms with Gasteiger partial charge in [-0.1, -0.05) is 44.9 Å². The van der Waals surface area contributed by atoms with Crippen LogP contribution < -0.4 is 0 Å². The van der Waals surface area contributed by atoms with E-state index in [1.54, 1.807) is 30.3 Å². The van der Waals surface area contributed by atoms with Gasteiger partial charge < -0.3 is 10.2 Å². The van der Waals surface area contributed by atoms with Crippen molar-refractivity contribution in [2.24, 2.45) is 5.92 Å². The molecular formula is C15H22O4. The van der Waals surface area contributed by atoms with Gasteiger partial charge in [0, 0.05) is 6.42 Å². The topological polar surface area (TPSA) is 74.6 Å². The lowest BCUT2D eigenvalue weighted by Crippen LogP contribution is -1.94. The summed E-state index contributed by atoms with van der Waals surface area (Å²) in [5.41, 5.74) is 0.331. The third-order valence-corrected chi connectivity index (χ3v) is 2.44. The van der Waals surface area contributed by atoms with E-state index in [0.29, 0.717) is 17.9 Å². The van der Waals surface area contributed by atoms with Crippen LogP contribution in [-0.4, -0.2) is 22.2 Å². The van der Waals surface area contributed by atoms with Crippen molar-refractivity contribution in [1.82, 2.24) is 0 Å². The van der Waals surface area contributed by atoms with Gasteiger partial charge in [0.15, 0.2) is 0 Å². The largest absolute Gasteiger partial charge is 0.481 e. The summed E-state index contributed by atoms with van der Waals surface area (Å²) in [6.07, 6.45) is 3.34. The quantitative estimate of drug-likeness (QED) is 0.770. The number of aromatic carboxylic acids is 1. The van der Waals surface area contributed by atoms with E-state index in [2.05, 4.69) is 13.8 Å². The second-order valence-electron chi connectivity index (χ2n) is 4.70. The van der Waals surface area contributed by atoms with E-state index in [1.807, 2.05) is 0 Å². The van der Waals surface area contributed by atoms with E-state index in [0.717, 1.165) is 19.3 Å². The standard InChI is InChI=1S/C8H16O2.C7H6O2/c1-7(2)5-3-4-6-8(9)10;8-7(9)6-4-2-1-3-5-6/h7H,3-6H2,1-2H3,(H,9,10);1-5H,(H,8,9). The summed E-state index contributed by atoms with van der Waals surface area (Å²) in [6, 6.07) is 8.30. The zero-order valence-corrected chi connectivity index (χ0v) is 11.5. The lowest BCUT2D eigenvalue weighted by atomic mass is 10.1. The highest BCUT2D eigenvalue weighted by Crippen LogP contribution is 2.07. The van der Waals surface area contributed by atoms with Gasteiger partial charge in [0.2, 0.25) is 0 Å². The van der Waals surface area contributed by atoms with Gasteiger partial charge >= 0.3 is 11.9 Å². The number of benzene rings is 1. The Kier molecular flexibility index (Phi) is 9.14. The summed E-state index contributed by atoms with van der Waals surface area (Å²) in [5.74, 6) is -0.854. The molecule has 4 nitrogen and oxygen atoms in total. The number of unbranched alkanes of at least 4 members (excludes halogenated alkanes) is 1. The van der Waals surface area contributed by atoms with E-state index >= 15 is 0 Å². The predicted octanol–water partition coefficient (Wildman–Crippen LogP) is 3.67. The maximum atomic E-state index is 10.2. The fourth-order valence-electron chi connectivity index (χ4n) is 1.41. The summed E-state index contributed by atoms with van der Waals surface area (Å²) in [4.78, 5) is 20.2. The zero-order valence-electron chi connectivity index (χ0n) is 11.5. The molecule has 0 fully saturated rings. The maximum Gasteiger partial charge on any atom is 0.335 e. The molecule has 1 aromatic carbocycles.